The Morgan fingerprint density at radius 1 is 1.28 bits per heavy atom. The molecule has 0 heterocycles. The lowest BCUT2D eigenvalue weighted by Crippen LogP contribution is -2.19. The number of benzene rings is 1. The van der Waals surface area contributed by atoms with Crippen LogP contribution in [0.15, 0.2) is 12.1 Å². The molecule has 1 rings (SSSR count). The molecule has 0 saturated carbocycles. The molecule has 0 fully saturated rings. The Kier molecular flexibility index (Phi) is 5.95. The Labute approximate surface area is 109 Å². The molecule has 4 nitrogen and oxygen atoms in total. The maximum Gasteiger partial charge on any atom is 0.127 e. The van der Waals surface area contributed by atoms with Crippen LogP contribution in [-0.2, 0) is 0 Å². The smallest absolute Gasteiger partial charge is 0.127 e. The molecule has 0 radical (unpaired) electrons. The normalized spacial score (nSPS) is 12.3. The standard InChI is InChI=1S/C14H24N2O2/c1-10-8-11(17-3)9-13(18-4)14(10)12(16-2)6-5-7-15/h8-9,12,16H,5-7,15H2,1-4H3. The highest BCUT2D eigenvalue weighted by molar-refractivity contribution is 5.47. The third-order valence-electron chi connectivity index (χ3n) is 3.17. The Morgan fingerprint density at radius 3 is 2.50 bits per heavy atom. The van der Waals surface area contributed by atoms with E-state index in [-0.39, 0.29) is 6.04 Å². The number of nitrogens with one attached hydrogen (secondary N) is 1. The first kappa shape index (κ1) is 14.8. The second-order valence-electron chi connectivity index (χ2n) is 4.33. The predicted molar refractivity (Wildman–Crippen MR) is 74.4 cm³/mol. The molecule has 0 spiro atoms. The zero-order chi connectivity index (χ0) is 13.5. The number of ether oxygens (including phenoxy) is 2. The fourth-order valence-corrected chi connectivity index (χ4v) is 2.22. The number of hydrogen-bond acceptors (Lipinski definition) is 4. The highest BCUT2D eigenvalue weighted by Crippen LogP contribution is 2.34. The third-order valence-corrected chi connectivity index (χ3v) is 3.17. The summed E-state index contributed by atoms with van der Waals surface area (Å²) in [6.07, 6.45) is 1.98. The maximum absolute atomic E-state index is 5.58. The molecule has 102 valence electrons. The van der Waals surface area contributed by atoms with Gasteiger partial charge in [0, 0.05) is 17.7 Å². The Hall–Kier alpha value is -1.26. The molecule has 1 aromatic carbocycles. The van der Waals surface area contributed by atoms with E-state index in [0.717, 1.165) is 24.3 Å². The average Bonchev–Trinajstić information content (AvgIpc) is 2.40. The Morgan fingerprint density at radius 2 is 2.00 bits per heavy atom. The fraction of sp³-hybridized carbons (Fsp3) is 0.571. The molecular formula is C14H24N2O2. The summed E-state index contributed by atoms with van der Waals surface area (Å²) in [7, 11) is 5.32. The van der Waals surface area contributed by atoms with Crippen molar-refractivity contribution in [1.82, 2.24) is 5.32 Å². The predicted octanol–water partition coefficient (Wildman–Crippen LogP) is 2.01. The van der Waals surface area contributed by atoms with Crippen LogP contribution in [0, 0.1) is 6.92 Å². The van der Waals surface area contributed by atoms with E-state index in [0.29, 0.717) is 6.54 Å². The topological polar surface area (TPSA) is 56.5 Å². The van der Waals surface area contributed by atoms with Crippen LogP contribution in [0.4, 0.5) is 0 Å². The second-order valence-corrected chi connectivity index (χ2v) is 4.33. The van der Waals surface area contributed by atoms with Crippen molar-refractivity contribution >= 4 is 0 Å². The van der Waals surface area contributed by atoms with Crippen LogP contribution in [0.1, 0.15) is 30.0 Å². The molecule has 0 saturated heterocycles. The van der Waals surface area contributed by atoms with Crippen LogP contribution < -0.4 is 20.5 Å². The van der Waals surface area contributed by atoms with Crippen LogP contribution in [0.25, 0.3) is 0 Å². The third kappa shape index (κ3) is 3.37. The monoisotopic (exact) mass is 252 g/mol. The quantitative estimate of drug-likeness (QED) is 0.779. The lowest BCUT2D eigenvalue weighted by molar-refractivity contribution is 0.382. The van der Waals surface area contributed by atoms with Crippen LogP contribution in [-0.4, -0.2) is 27.8 Å². The van der Waals surface area contributed by atoms with Gasteiger partial charge in [0.05, 0.1) is 14.2 Å². The number of methoxy groups -OCH3 is 2. The van der Waals surface area contributed by atoms with Crippen molar-refractivity contribution in [3.63, 3.8) is 0 Å². The largest absolute Gasteiger partial charge is 0.497 e. The highest BCUT2D eigenvalue weighted by atomic mass is 16.5. The first-order chi connectivity index (χ1) is 8.67. The lowest BCUT2D eigenvalue weighted by Gasteiger charge is -2.22. The van der Waals surface area contributed by atoms with Gasteiger partial charge in [-0.3, -0.25) is 0 Å². The van der Waals surface area contributed by atoms with Crippen LogP contribution >= 0.6 is 0 Å². The van der Waals surface area contributed by atoms with Gasteiger partial charge in [-0.25, -0.2) is 0 Å². The van der Waals surface area contributed by atoms with Crippen molar-refractivity contribution in [2.24, 2.45) is 5.73 Å². The molecule has 0 aromatic heterocycles. The van der Waals surface area contributed by atoms with Gasteiger partial charge >= 0.3 is 0 Å². The second kappa shape index (κ2) is 7.24. The minimum absolute atomic E-state index is 0.259. The van der Waals surface area contributed by atoms with Gasteiger partial charge in [-0.1, -0.05) is 0 Å². The number of rotatable bonds is 7. The zero-order valence-corrected chi connectivity index (χ0v) is 11.7. The van der Waals surface area contributed by atoms with Gasteiger partial charge in [0.25, 0.3) is 0 Å². The molecule has 0 aliphatic carbocycles. The van der Waals surface area contributed by atoms with E-state index in [1.807, 2.05) is 19.2 Å². The molecule has 0 aliphatic rings. The van der Waals surface area contributed by atoms with Crippen molar-refractivity contribution in [2.75, 3.05) is 27.8 Å². The van der Waals surface area contributed by atoms with Gasteiger partial charge in [0.2, 0.25) is 0 Å². The van der Waals surface area contributed by atoms with E-state index in [4.69, 9.17) is 15.2 Å². The number of nitrogens with two attached hydrogens (primary N) is 1. The molecule has 0 bridgehead atoms. The van der Waals surface area contributed by atoms with E-state index in [1.165, 1.54) is 11.1 Å². The van der Waals surface area contributed by atoms with E-state index < -0.39 is 0 Å². The number of hydrogen-bond donors (Lipinski definition) is 2. The molecule has 1 unspecified atom stereocenters. The Balaban J connectivity index is 3.11. The Bertz CT molecular complexity index is 380. The van der Waals surface area contributed by atoms with Gasteiger partial charge in [-0.05, 0) is 45.0 Å². The summed E-state index contributed by atoms with van der Waals surface area (Å²) in [5.41, 5.74) is 7.94. The van der Waals surface area contributed by atoms with Gasteiger partial charge in [-0.15, -0.1) is 0 Å². The summed E-state index contributed by atoms with van der Waals surface area (Å²) in [5.74, 6) is 1.69. The molecule has 0 amide bonds. The minimum Gasteiger partial charge on any atom is -0.497 e. The van der Waals surface area contributed by atoms with Gasteiger partial charge in [-0.2, -0.15) is 0 Å². The van der Waals surface area contributed by atoms with Crippen molar-refractivity contribution < 1.29 is 9.47 Å². The fourth-order valence-electron chi connectivity index (χ4n) is 2.22. The minimum atomic E-state index is 0.259. The van der Waals surface area contributed by atoms with Gasteiger partial charge in [0.15, 0.2) is 0 Å². The SMILES string of the molecule is CNC(CCCN)c1c(C)cc(OC)cc1OC. The summed E-state index contributed by atoms with van der Waals surface area (Å²) in [6.45, 7) is 2.78. The molecule has 1 aromatic rings. The highest BCUT2D eigenvalue weighted by Gasteiger charge is 2.17. The van der Waals surface area contributed by atoms with Crippen LogP contribution in [0.2, 0.25) is 0 Å². The van der Waals surface area contributed by atoms with E-state index in [2.05, 4.69) is 12.2 Å². The summed E-state index contributed by atoms with van der Waals surface area (Å²) < 4.78 is 10.7. The molecular weight excluding hydrogens is 228 g/mol. The molecule has 4 heteroatoms. The molecule has 3 N–H and O–H groups in total. The molecule has 1 atom stereocenters. The first-order valence-electron chi connectivity index (χ1n) is 6.27. The average molecular weight is 252 g/mol. The van der Waals surface area contributed by atoms with Crippen molar-refractivity contribution in [3.05, 3.63) is 23.3 Å². The summed E-state index contributed by atoms with van der Waals surface area (Å²) in [6, 6.07) is 4.22. The number of aryl methyl sites for hydroxylation is 1. The van der Waals surface area contributed by atoms with Crippen molar-refractivity contribution in [3.8, 4) is 11.5 Å². The molecule has 0 aliphatic heterocycles. The molecule has 18 heavy (non-hydrogen) atoms. The van der Waals surface area contributed by atoms with Crippen LogP contribution in [0.5, 0.6) is 11.5 Å². The zero-order valence-electron chi connectivity index (χ0n) is 11.7. The van der Waals surface area contributed by atoms with Crippen molar-refractivity contribution in [1.29, 1.82) is 0 Å². The van der Waals surface area contributed by atoms with E-state index in [1.54, 1.807) is 14.2 Å². The first-order valence-corrected chi connectivity index (χ1v) is 6.27. The maximum atomic E-state index is 5.58. The lowest BCUT2D eigenvalue weighted by atomic mass is 9.96. The summed E-state index contributed by atoms with van der Waals surface area (Å²) in [5, 5.41) is 3.33. The summed E-state index contributed by atoms with van der Waals surface area (Å²) >= 11 is 0. The van der Waals surface area contributed by atoms with Crippen molar-refractivity contribution in [2.45, 2.75) is 25.8 Å². The summed E-state index contributed by atoms with van der Waals surface area (Å²) in [4.78, 5) is 0. The van der Waals surface area contributed by atoms with Gasteiger partial charge < -0.3 is 20.5 Å². The van der Waals surface area contributed by atoms with Gasteiger partial charge in [0.1, 0.15) is 11.5 Å². The van der Waals surface area contributed by atoms with Crippen LogP contribution in [0.3, 0.4) is 0 Å². The van der Waals surface area contributed by atoms with E-state index in [9.17, 15) is 0 Å². The van der Waals surface area contributed by atoms with E-state index >= 15 is 0 Å².